The number of aliphatic hydroxyl groups is 1. The lowest BCUT2D eigenvalue weighted by Gasteiger charge is -2.12. The van der Waals surface area contributed by atoms with Crippen molar-refractivity contribution >= 4 is 0 Å². The fourth-order valence-corrected chi connectivity index (χ4v) is 2.19. The number of aromatic nitrogens is 1. The minimum Gasteiger partial charge on any atom is -0.468 e. The van der Waals surface area contributed by atoms with Gasteiger partial charge in [-0.2, -0.15) is 0 Å². The lowest BCUT2D eigenvalue weighted by molar-refractivity contribution is 0.225. The van der Waals surface area contributed by atoms with Gasteiger partial charge in [-0.1, -0.05) is 17.7 Å². The topological polar surface area (TPSA) is 71.4 Å². The third-order valence-electron chi connectivity index (χ3n) is 3.45. The summed E-state index contributed by atoms with van der Waals surface area (Å²) in [6.45, 7) is 2.48. The van der Waals surface area contributed by atoms with Gasteiger partial charge in [0.05, 0.1) is 24.6 Å². The van der Waals surface area contributed by atoms with Gasteiger partial charge in [0.15, 0.2) is 0 Å². The molecule has 1 aromatic carbocycles. The number of nitrogens with zero attached hydrogens (tertiary/aromatic N) is 1. The highest BCUT2D eigenvalue weighted by molar-refractivity contribution is 5.53. The van der Waals surface area contributed by atoms with Crippen molar-refractivity contribution < 1.29 is 13.9 Å². The zero-order valence-corrected chi connectivity index (χ0v) is 12.3. The van der Waals surface area contributed by atoms with Crippen LogP contribution >= 0.6 is 0 Å². The monoisotopic (exact) mass is 298 g/mol. The molecule has 2 N–H and O–H groups in total. The van der Waals surface area contributed by atoms with E-state index in [1.54, 1.807) is 18.6 Å². The van der Waals surface area contributed by atoms with Gasteiger partial charge >= 0.3 is 0 Å². The predicted octanol–water partition coefficient (Wildman–Crippen LogP) is 3.07. The molecular weight excluding hydrogens is 280 g/mol. The third-order valence-corrected chi connectivity index (χ3v) is 3.45. The molecule has 0 amide bonds. The van der Waals surface area contributed by atoms with Gasteiger partial charge in [-0.05, 0) is 31.2 Å². The van der Waals surface area contributed by atoms with E-state index in [2.05, 4.69) is 10.3 Å². The molecule has 5 heteroatoms. The van der Waals surface area contributed by atoms with Crippen LogP contribution in [0.4, 0.5) is 0 Å². The molecule has 0 aliphatic heterocycles. The largest absolute Gasteiger partial charge is 0.468 e. The highest BCUT2D eigenvalue weighted by atomic mass is 16.3. The van der Waals surface area contributed by atoms with Crippen LogP contribution in [0.2, 0.25) is 0 Å². The standard InChI is InChI=1S/C17H18N2O3/c1-12-4-6-13(7-5-12)17-19-14(11-22-17)9-18-15(10-20)16-3-2-8-21-16/h2-8,11,15,18,20H,9-10H2,1H3/t15-/m1/s1. The van der Waals surface area contributed by atoms with E-state index in [0.29, 0.717) is 18.2 Å². The third kappa shape index (κ3) is 3.27. The Morgan fingerprint density at radius 1 is 1.18 bits per heavy atom. The van der Waals surface area contributed by atoms with Gasteiger partial charge in [-0.15, -0.1) is 0 Å². The molecule has 0 saturated carbocycles. The average Bonchev–Trinajstić information content (AvgIpc) is 3.20. The summed E-state index contributed by atoms with van der Waals surface area (Å²) in [7, 11) is 0. The number of aryl methyl sites for hydroxylation is 1. The van der Waals surface area contributed by atoms with Crippen LogP contribution in [0, 0.1) is 6.92 Å². The van der Waals surface area contributed by atoms with Crippen LogP contribution in [-0.4, -0.2) is 16.7 Å². The van der Waals surface area contributed by atoms with Crippen molar-refractivity contribution in [3.05, 3.63) is 65.9 Å². The molecular formula is C17H18N2O3. The normalized spacial score (nSPS) is 12.5. The molecule has 0 spiro atoms. The van der Waals surface area contributed by atoms with E-state index >= 15 is 0 Å². The lowest BCUT2D eigenvalue weighted by Crippen LogP contribution is -2.23. The Kier molecular flexibility index (Phi) is 4.37. The molecule has 0 fully saturated rings. The molecule has 0 aliphatic carbocycles. The average molecular weight is 298 g/mol. The van der Waals surface area contributed by atoms with E-state index in [9.17, 15) is 5.11 Å². The van der Waals surface area contributed by atoms with Crippen LogP contribution in [0.5, 0.6) is 0 Å². The van der Waals surface area contributed by atoms with Gasteiger partial charge < -0.3 is 13.9 Å². The first-order chi connectivity index (χ1) is 10.8. The number of benzene rings is 1. The molecule has 0 saturated heterocycles. The second-order valence-electron chi connectivity index (χ2n) is 5.14. The van der Waals surface area contributed by atoms with E-state index in [4.69, 9.17) is 8.83 Å². The molecule has 3 rings (SSSR count). The van der Waals surface area contributed by atoms with E-state index in [1.807, 2.05) is 37.3 Å². The van der Waals surface area contributed by atoms with E-state index in [0.717, 1.165) is 11.3 Å². The highest BCUT2D eigenvalue weighted by Crippen LogP contribution is 2.20. The van der Waals surface area contributed by atoms with E-state index in [-0.39, 0.29) is 12.6 Å². The zero-order chi connectivity index (χ0) is 15.4. The first kappa shape index (κ1) is 14.6. The summed E-state index contributed by atoms with van der Waals surface area (Å²) in [5, 5.41) is 12.6. The molecule has 2 heterocycles. The van der Waals surface area contributed by atoms with Gasteiger partial charge in [-0.25, -0.2) is 4.98 Å². The Labute approximate surface area is 128 Å². The van der Waals surface area contributed by atoms with E-state index in [1.165, 1.54) is 5.56 Å². The van der Waals surface area contributed by atoms with Crippen LogP contribution < -0.4 is 5.32 Å². The predicted molar refractivity (Wildman–Crippen MR) is 82.1 cm³/mol. The second-order valence-corrected chi connectivity index (χ2v) is 5.14. The number of hydrogen-bond acceptors (Lipinski definition) is 5. The Hall–Kier alpha value is -2.37. The molecule has 0 radical (unpaired) electrons. The molecule has 22 heavy (non-hydrogen) atoms. The Morgan fingerprint density at radius 2 is 2.00 bits per heavy atom. The first-order valence-corrected chi connectivity index (χ1v) is 7.15. The number of nitrogens with one attached hydrogen (secondary N) is 1. The molecule has 2 aromatic heterocycles. The Morgan fingerprint density at radius 3 is 2.68 bits per heavy atom. The van der Waals surface area contributed by atoms with Crippen LogP contribution in [0.1, 0.15) is 23.1 Å². The first-order valence-electron chi connectivity index (χ1n) is 7.15. The summed E-state index contributed by atoms with van der Waals surface area (Å²) in [4.78, 5) is 4.46. The quantitative estimate of drug-likeness (QED) is 0.732. The summed E-state index contributed by atoms with van der Waals surface area (Å²) in [5.41, 5.74) is 2.92. The van der Waals surface area contributed by atoms with Gasteiger partial charge in [-0.3, -0.25) is 5.32 Å². The number of oxazole rings is 1. The maximum absolute atomic E-state index is 9.42. The SMILES string of the molecule is Cc1ccc(-c2nc(CN[C@H](CO)c3ccco3)co2)cc1. The summed E-state index contributed by atoms with van der Waals surface area (Å²) in [6, 6.07) is 11.4. The highest BCUT2D eigenvalue weighted by Gasteiger charge is 2.14. The molecule has 3 aromatic rings. The van der Waals surface area contributed by atoms with Crippen molar-refractivity contribution in [3.8, 4) is 11.5 Å². The molecule has 0 unspecified atom stereocenters. The molecule has 114 valence electrons. The van der Waals surface area contributed by atoms with Gasteiger partial charge in [0.1, 0.15) is 12.0 Å². The minimum absolute atomic E-state index is 0.0455. The summed E-state index contributed by atoms with van der Waals surface area (Å²) in [6.07, 6.45) is 3.21. The molecule has 0 aliphatic rings. The summed E-state index contributed by atoms with van der Waals surface area (Å²) < 4.78 is 10.8. The number of furan rings is 1. The maximum Gasteiger partial charge on any atom is 0.226 e. The fraction of sp³-hybridized carbons (Fsp3) is 0.235. The van der Waals surface area contributed by atoms with Crippen molar-refractivity contribution in [2.45, 2.75) is 19.5 Å². The maximum atomic E-state index is 9.42. The van der Waals surface area contributed by atoms with Crippen LogP contribution in [0.15, 0.2) is 57.8 Å². The smallest absolute Gasteiger partial charge is 0.226 e. The van der Waals surface area contributed by atoms with Crippen molar-refractivity contribution in [2.75, 3.05) is 6.61 Å². The Balaban J connectivity index is 1.65. The van der Waals surface area contributed by atoms with Gasteiger partial charge in [0, 0.05) is 12.1 Å². The fourth-order valence-electron chi connectivity index (χ4n) is 2.19. The molecule has 1 atom stereocenters. The Bertz CT molecular complexity index is 702. The van der Waals surface area contributed by atoms with Crippen molar-refractivity contribution in [1.29, 1.82) is 0 Å². The van der Waals surface area contributed by atoms with Crippen molar-refractivity contribution in [2.24, 2.45) is 0 Å². The van der Waals surface area contributed by atoms with E-state index < -0.39 is 0 Å². The van der Waals surface area contributed by atoms with Crippen LogP contribution in [0.25, 0.3) is 11.5 Å². The van der Waals surface area contributed by atoms with Crippen molar-refractivity contribution in [1.82, 2.24) is 10.3 Å². The summed E-state index contributed by atoms with van der Waals surface area (Å²) in [5.74, 6) is 1.29. The number of hydrogen-bond donors (Lipinski definition) is 2. The zero-order valence-electron chi connectivity index (χ0n) is 12.3. The van der Waals surface area contributed by atoms with Crippen molar-refractivity contribution in [3.63, 3.8) is 0 Å². The molecule has 5 nitrogen and oxygen atoms in total. The number of aliphatic hydroxyl groups excluding tert-OH is 1. The minimum atomic E-state index is -0.255. The van der Waals surface area contributed by atoms with Gasteiger partial charge in [0.2, 0.25) is 5.89 Å². The van der Waals surface area contributed by atoms with Crippen LogP contribution in [-0.2, 0) is 6.54 Å². The number of rotatable bonds is 6. The molecule has 0 bridgehead atoms. The summed E-state index contributed by atoms with van der Waals surface area (Å²) >= 11 is 0. The van der Waals surface area contributed by atoms with Gasteiger partial charge in [0.25, 0.3) is 0 Å². The van der Waals surface area contributed by atoms with Crippen LogP contribution in [0.3, 0.4) is 0 Å². The second kappa shape index (κ2) is 6.60. The lowest BCUT2D eigenvalue weighted by atomic mass is 10.1.